The van der Waals surface area contributed by atoms with E-state index in [0.29, 0.717) is 15.8 Å². The summed E-state index contributed by atoms with van der Waals surface area (Å²) in [5, 5.41) is 19.0. The average Bonchev–Trinajstić information content (AvgIpc) is 3.07. The first-order valence-corrected chi connectivity index (χ1v) is 9.94. The fourth-order valence-electron chi connectivity index (χ4n) is 2.38. The summed E-state index contributed by atoms with van der Waals surface area (Å²) in [5.74, 6) is 1.18. The van der Waals surface area contributed by atoms with E-state index in [4.69, 9.17) is 5.11 Å². The molecule has 0 spiro atoms. The third-order valence-electron chi connectivity index (χ3n) is 3.59. The number of carbonyl (C=O) groups excluding carboxylic acids is 1. The first kappa shape index (κ1) is 17.8. The topological polar surface area (TPSA) is 97.1 Å². The summed E-state index contributed by atoms with van der Waals surface area (Å²) in [5.41, 5.74) is 2.34. The summed E-state index contributed by atoms with van der Waals surface area (Å²) in [4.78, 5) is 22.8. The zero-order valence-corrected chi connectivity index (χ0v) is 15.1. The van der Waals surface area contributed by atoms with E-state index in [1.165, 1.54) is 34.4 Å². The highest BCUT2D eigenvalue weighted by molar-refractivity contribution is 8.16. The fraction of sp³-hybridized carbons (Fsp3) is 0.375. The number of nitrogens with one attached hydrogen (secondary N) is 1. The van der Waals surface area contributed by atoms with Crippen molar-refractivity contribution in [3.8, 4) is 0 Å². The number of carbonyl (C=O) groups is 2. The van der Waals surface area contributed by atoms with Crippen LogP contribution in [-0.4, -0.2) is 43.5 Å². The third kappa shape index (κ3) is 4.99. The van der Waals surface area contributed by atoms with Crippen molar-refractivity contribution in [1.82, 2.24) is 20.3 Å². The Hall–Kier alpha value is -2.00. The summed E-state index contributed by atoms with van der Waals surface area (Å²) < 4.78 is 1.67. The molecule has 0 bridgehead atoms. The molecule has 25 heavy (non-hydrogen) atoms. The molecule has 0 saturated carbocycles. The van der Waals surface area contributed by atoms with E-state index < -0.39 is 5.97 Å². The van der Waals surface area contributed by atoms with Crippen molar-refractivity contribution < 1.29 is 14.7 Å². The average molecular weight is 378 g/mol. The molecule has 1 aromatic carbocycles. The molecule has 0 atom stereocenters. The van der Waals surface area contributed by atoms with Gasteiger partial charge in [0.1, 0.15) is 12.2 Å². The van der Waals surface area contributed by atoms with E-state index in [9.17, 15) is 9.59 Å². The summed E-state index contributed by atoms with van der Waals surface area (Å²) in [6.45, 7) is -0.0475. The molecule has 1 amide bonds. The molecule has 0 radical (unpaired) electrons. The van der Waals surface area contributed by atoms with Gasteiger partial charge in [-0.1, -0.05) is 17.3 Å². The van der Waals surface area contributed by atoms with Crippen LogP contribution >= 0.6 is 23.5 Å². The van der Waals surface area contributed by atoms with Crippen molar-refractivity contribution in [2.45, 2.75) is 24.1 Å². The predicted molar refractivity (Wildman–Crippen MR) is 97.5 cm³/mol. The van der Waals surface area contributed by atoms with Crippen molar-refractivity contribution in [3.63, 3.8) is 0 Å². The van der Waals surface area contributed by atoms with Crippen LogP contribution in [0.4, 0.5) is 0 Å². The highest BCUT2D eigenvalue weighted by Gasteiger charge is 2.17. The van der Waals surface area contributed by atoms with E-state index in [1.54, 1.807) is 0 Å². The number of hydrogen-bond donors (Lipinski definition) is 2. The maximum Gasteiger partial charge on any atom is 0.325 e. The second-order valence-electron chi connectivity index (χ2n) is 5.53. The van der Waals surface area contributed by atoms with Gasteiger partial charge in [-0.15, -0.1) is 28.6 Å². The molecule has 7 nitrogen and oxygen atoms in total. The van der Waals surface area contributed by atoms with Crippen LogP contribution in [-0.2, 0) is 17.9 Å². The normalized spacial score (nSPS) is 15.0. The number of aromatic nitrogens is 3. The number of nitrogens with zero attached hydrogens (tertiary/aromatic N) is 3. The molecule has 1 aromatic heterocycles. The summed E-state index contributed by atoms with van der Waals surface area (Å²) in [6.07, 6.45) is 2.76. The van der Waals surface area contributed by atoms with Gasteiger partial charge < -0.3 is 10.4 Å². The van der Waals surface area contributed by atoms with Gasteiger partial charge in [0.05, 0.1) is 17.3 Å². The number of thioether (sulfide) groups is 2. The Balaban J connectivity index is 1.54. The monoisotopic (exact) mass is 378 g/mol. The van der Waals surface area contributed by atoms with Crippen LogP contribution in [0.2, 0.25) is 0 Å². The first-order valence-electron chi connectivity index (χ1n) is 7.84. The Morgan fingerprint density at radius 2 is 1.96 bits per heavy atom. The van der Waals surface area contributed by atoms with E-state index in [0.717, 1.165) is 0 Å². The third-order valence-corrected chi connectivity index (χ3v) is 6.60. The van der Waals surface area contributed by atoms with Gasteiger partial charge in [-0.2, -0.15) is 0 Å². The van der Waals surface area contributed by atoms with Gasteiger partial charge in [0.2, 0.25) is 0 Å². The van der Waals surface area contributed by atoms with Gasteiger partial charge in [-0.05, 0) is 35.6 Å². The minimum absolute atomic E-state index is 0.191. The first-order chi connectivity index (χ1) is 12.1. The molecule has 9 heteroatoms. The van der Waals surface area contributed by atoms with Crippen molar-refractivity contribution in [3.05, 3.63) is 47.3 Å². The Morgan fingerprint density at radius 1 is 1.24 bits per heavy atom. The fourth-order valence-corrected chi connectivity index (χ4v) is 5.27. The highest BCUT2D eigenvalue weighted by atomic mass is 32.2. The van der Waals surface area contributed by atoms with Crippen LogP contribution in [0.1, 0.15) is 32.6 Å². The molecule has 1 aliphatic heterocycles. The lowest BCUT2D eigenvalue weighted by atomic mass is 10.1. The van der Waals surface area contributed by atoms with Crippen LogP contribution < -0.4 is 5.32 Å². The second kappa shape index (κ2) is 8.39. The molecule has 3 rings (SSSR count). The van der Waals surface area contributed by atoms with Crippen LogP contribution in [0.5, 0.6) is 0 Å². The SMILES string of the molecule is O=C(O)Cn1cc(CNC(=O)c2ccc(C3SCCCS3)cc2)nn1. The van der Waals surface area contributed by atoms with Crippen molar-refractivity contribution in [2.24, 2.45) is 0 Å². The molecular weight excluding hydrogens is 360 g/mol. The molecule has 132 valence electrons. The van der Waals surface area contributed by atoms with E-state index >= 15 is 0 Å². The standard InChI is InChI=1S/C16H18N4O3S2/c21-14(22)10-20-9-13(18-19-20)8-17-15(23)11-2-4-12(5-3-11)16-24-6-1-7-25-16/h2-5,9,16H,1,6-8,10H2,(H,17,23)(H,21,22). The van der Waals surface area contributed by atoms with Crippen LogP contribution in [0.3, 0.4) is 0 Å². The van der Waals surface area contributed by atoms with Crippen LogP contribution in [0.25, 0.3) is 0 Å². The van der Waals surface area contributed by atoms with Gasteiger partial charge in [-0.25, -0.2) is 4.68 Å². The summed E-state index contributed by atoms with van der Waals surface area (Å²) in [7, 11) is 0. The minimum Gasteiger partial charge on any atom is -0.480 e. The summed E-state index contributed by atoms with van der Waals surface area (Å²) in [6, 6.07) is 7.69. The van der Waals surface area contributed by atoms with Gasteiger partial charge in [0.25, 0.3) is 5.91 Å². The highest BCUT2D eigenvalue weighted by Crippen LogP contribution is 2.43. The predicted octanol–water partition coefficient (Wildman–Crippen LogP) is 2.16. The second-order valence-corrected chi connectivity index (χ2v) is 8.26. The minimum atomic E-state index is -0.991. The molecule has 1 fully saturated rings. The number of benzene rings is 1. The van der Waals surface area contributed by atoms with Crippen molar-refractivity contribution in [1.29, 1.82) is 0 Å². The van der Waals surface area contributed by atoms with Crippen molar-refractivity contribution >= 4 is 35.4 Å². The Kier molecular flexibility index (Phi) is 5.98. The maximum absolute atomic E-state index is 12.2. The van der Waals surface area contributed by atoms with Gasteiger partial charge >= 0.3 is 5.97 Å². The molecule has 1 saturated heterocycles. The number of rotatable bonds is 6. The largest absolute Gasteiger partial charge is 0.480 e. The smallest absolute Gasteiger partial charge is 0.325 e. The number of carboxylic acids is 1. The van der Waals surface area contributed by atoms with Crippen molar-refractivity contribution in [2.75, 3.05) is 11.5 Å². The number of amides is 1. The molecule has 2 N–H and O–H groups in total. The zero-order valence-electron chi connectivity index (χ0n) is 13.4. The Bertz CT molecular complexity index is 742. The Labute approximate surface area is 153 Å². The molecule has 1 aliphatic rings. The molecule has 2 aromatic rings. The van der Waals surface area contributed by atoms with Crippen LogP contribution in [0, 0.1) is 0 Å². The number of carboxylic acid groups (broad SMARTS) is 1. The molecule has 0 unspecified atom stereocenters. The summed E-state index contributed by atoms with van der Waals surface area (Å²) >= 11 is 3.90. The molecular formula is C16H18N4O3S2. The van der Waals surface area contributed by atoms with Gasteiger partial charge in [0, 0.05) is 5.56 Å². The van der Waals surface area contributed by atoms with Crippen LogP contribution in [0.15, 0.2) is 30.5 Å². The van der Waals surface area contributed by atoms with E-state index in [1.807, 2.05) is 47.8 Å². The van der Waals surface area contributed by atoms with E-state index in [2.05, 4.69) is 15.6 Å². The number of hydrogen-bond acceptors (Lipinski definition) is 6. The maximum atomic E-state index is 12.2. The van der Waals surface area contributed by atoms with E-state index in [-0.39, 0.29) is 19.0 Å². The molecule has 0 aliphatic carbocycles. The number of aliphatic carboxylic acids is 1. The lowest BCUT2D eigenvalue weighted by molar-refractivity contribution is -0.137. The van der Waals surface area contributed by atoms with Gasteiger partial charge in [-0.3, -0.25) is 9.59 Å². The zero-order chi connectivity index (χ0) is 17.6. The lowest BCUT2D eigenvalue weighted by Gasteiger charge is -2.21. The quantitative estimate of drug-likeness (QED) is 0.795. The Morgan fingerprint density at radius 3 is 2.64 bits per heavy atom. The van der Waals surface area contributed by atoms with Gasteiger partial charge in [0.15, 0.2) is 0 Å². The lowest BCUT2D eigenvalue weighted by Crippen LogP contribution is -2.23. The molecule has 2 heterocycles.